The molecule has 9 heteroatoms. The van der Waals surface area contributed by atoms with E-state index < -0.39 is 30.3 Å². The van der Waals surface area contributed by atoms with E-state index >= 15 is 0 Å². The molecular weight excluding hydrogens is 1050 g/mol. The number of aliphatic carboxylic acids is 1. The highest BCUT2D eigenvalue weighted by Gasteiger charge is 2.25. The van der Waals surface area contributed by atoms with Crippen molar-refractivity contribution in [1.82, 2.24) is 0 Å². The molecule has 0 amide bonds. The van der Waals surface area contributed by atoms with Gasteiger partial charge in [-0.1, -0.05) is 267 Å². The first-order valence-corrected chi connectivity index (χ1v) is 33.3. The molecule has 0 aromatic carbocycles. The smallest absolute Gasteiger partial charge is 0.361 e. The minimum Gasteiger partial charge on any atom is -0.477 e. The van der Waals surface area contributed by atoms with E-state index in [0.29, 0.717) is 23.9 Å². The highest BCUT2D eigenvalue weighted by Crippen LogP contribution is 2.16. The highest BCUT2D eigenvalue weighted by molar-refractivity contribution is 5.71. The second-order valence-corrected chi connectivity index (χ2v) is 22.7. The summed E-state index contributed by atoms with van der Waals surface area (Å²) in [7, 11) is 5.95. The molecule has 0 aromatic rings. The van der Waals surface area contributed by atoms with Crippen molar-refractivity contribution in [2.75, 3.05) is 47.5 Å². The predicted molar refractivity (Wildman–Crippen MR) is 363 cm³/mol. The molecule has 0 heterocycles. The second kappa shape index (κ2) is 64.6. The van der Waals surface area contributed by atoms with E-state index in [1.54, 1.807) is 0 Å². The molecule has 0 rings (SSSR count). The summed E-state index contributed by atoms with van der Waals surface area (Å²) in [4.78, 5) is 37.5. The van der Waals surface area contributed by atoms with Crippen molar-refractivity contribution < 1.29 is 42.9 Å². The molecular formula is C76H122NO8+. The fourth-order valence-corrected chi connectivity index (χ4v) is 8.45. The van der Waals surface area contributed by atoms with Gasteiger partial charge in [-0.2, -0.15) is 0 Å². The largest absolute Gasteiger partial charge is 0.477 e. The summed E-state index contributed by atoms with van der Waals surface area (Å²) in [6, 6.07) is 0. The molecule has 0 radical (unpaired) electrons. The molecule has 0 bridgehead atoms. The fourth-order valence-electron chi connectivity index (χ4n) is 8.45. The third-order valence-corrected chi connectivity index (χ3v) is 13.5. The Balaban J connectivity index is 4.22. The molecule has 0 saturated heterocycles. The standard InChI is InChI=1S/C76H121NO8/c1-6-8-10-12-14-16-18-20-22-24-26-28-30-31-32-33-34-35-36-37-38-39-40-41-42-43-45-47-49-51-53-55-57-59-61-63-65-67-74(79)85-72(71-84-76(75(80)81)82-69-68-77(3,4)5)70-83-73(78)66-64-62-60-58-56-54-52-50-48-46-44-29-27-25-23-21-19-17-15-13-11-9-7-2/h8-11,14-17,20-23,26-29,31-32,34-35,37-38,46,48,52,54,58,60,72,76H,6-7,12-13,18-19,24-25,30,33,36,39-45,47,49-51,53,55-57,59,61-71H2,1-5H3/p+1/b10-8-,11-9-,16-14-,17-15-,22-20-,23-21-,28-26-,29-27-,32-31-,35-34-,38-37-,48-46-,54-52-,60-58-. The van der Waals surface area contributed by atoms with Gasteiger partial charge in [0.25, 0.3) is 6.29 Å². The predicted octanol–water partition coefficient (Wildman–Crippen LogP) is 20.7. The van der Waals surface area contributed by atoms with E-state index in [2.05, 4.69) is 184 Å². The first-order valence-electron chi connectivity index (χ1n) is 33.3. The van der Waals surface area contributed by atoms with Crippen molar-refractivity contribution in [2.45, 2.75) is 245 Å². The van der Waals surface area contributed by atoms with Gasteiger partial charge in [0.05, 0.1) is 34.4 Å². The van der Waals surface area contributed by atoms with Crippen LogP contribution in [0.1, 0.15) is 232 Å². The average molecular weight is 1180 g/mol. The maximum Gasteiger partial charge on any atom is 0.361 e. The van der Waals surface area contributed by atoms with Crippen molar-refractivity contribution >= 4 is 17.9 Å². The topological polar surface area (TPSA) is 108 Å². The Morgan fingerprint density at radius 2 is 0.647 bits per heavy atom. The number of likely N-dealkylation sites (N-methyl/N-ethyl adjacent to an activating group) is 1. The Morgan fingerprint density at radius 1 is 0.353 bits per heavy atom. The summed E-state index contributed by atoms with van der Waals surface area (Å²) in [6.45, 7) is 4.57. The molecule has 2 unspecified atom stereocenters. The van der Waals surface area contributed by atoms with Crippen LogP contribution < -0.4 is 0 Å². The molecule has 478 valence electrons. The van der Waals surface area contributed by atoms with E-state index in [1.807, 2.05) is 21.1 Å². The number of carbonyl (C=O) groups is 3. The van der Waals surface area contributed by atoms with Crippen LogP contribution in [0.2, 0.25) is 0 Å². The van der Waals surface area contributed by atoms with Crippen molar-refractivity contribution in [3.8, 4) is 0 Å². The van der Waals surface area contributed by atoms with Crippen LogP contribution in [-0.2, 0) is 33.3 Å². The molecule has 0 saturated carbocycles. The minimum atomic E-state index is -1.53. The molecule has 0 aliphatic heterocycles. The third-order valence-electron chi connectivity index (χ3n) is 13.5. The van der Waals surface area contributed by atoms with Crippen LogP contribution in [0.25, 0.3) is 0 Å². The summed E-state index contributed by atoms with van der Waals surface area (Å²) in [5, 5.41) is 9.73. The lowest BCUT2D eigenvalue weighted by Crippen LogP contribution is -2.40. The van der Waals surface area contributed by atoms with Gasteiger partial charge in [0, 0.05) is 12.8 Å². The lowest BCUT2D eigenvalue weighted by Gasteiger charge is -2.25. The number of carboxylic acid groups (broad SMARTS) is 1. The SMILES string of the molecule is CC/C=C\C/C=C\C/C=C\C/C=C\C/C=C\C/C=C\C/C=C\CCCCCCCCCCCCCCCCCC(=O)OC(COC(=O)CCC/C=C\C/C=C\C/C=C\C/C=C\C/C=C\C/C=C\C/C=C\CC)COC(OCC[N+](C)(C)C)C(=O)O. The number of quaternary nitrogens is 1. The summed E-state index contributed by atoms with van der Waals surface area (Å²) in [6.07, 6.45) is 94.6. The van der Waals surface area contributed by atoms with Crippen molar-refractivity contribution in [2.24, 2.45) is 0 Å². The molecule has 0 spiro atoms. The van der Waals surface area contributed by atoms with Crippen LogP contribution >= 0.6 is 0 Å². The van der Waals surface area contributed by atoms with Crippen LogP contribution in [0.5, 0.6) is 0 Å². The van der Waals surface area contributed by atoms with E-state index in [0.717, 1.165) is 116 Å². The fraction of sp³-hybridized carbons (Fsp3) is 0.592. The molecule has 0 aliphatic carbocycles. The maximum absolute atomic E-state index is 12.9. The number of carboxylic acids is 1. The molecule has 0 fully saturated rings. The summed E-state index contributed by atoms with van der Waals surface area (Å²) in [5.74, 6) is -2.10. The number of unbranched alkanes of at least 4 members (excludes halogenated alkanes) is 16. The Hall–Kier alpha value is -5.35. The van der Waals surface area contributed by atoms with E-state index in [4.69, 9.17) is 18.9 Å². The summed E-state index contributed by atoms with van der Waals surface area (Å²) >= 11 is 0. The molecule has 1 N–H and O–H groups in total. The number of nitrogens with zero attached hydrogens (tertiary/aromatic N) is 1. The van der Waals surface area contributed by atoms with Gasteiger partial charge in [-0.15, -0.1) is 0 Å². The summed E-state index contributed by atoms with van der Waals surface area (Å²) < 4.78 is 22.9. The number of rotatable bonds is 59. The van der Waals surface area contributed by atoms with Crippen LogP contribution in [-0.4, -0.2) is 87.4 Å². The normalized spacial score (nSPS) is 13.8. The Kier molecular flexibility index (Phi) is 60.6. The average Bonchev–Trinajstić information content (AvgIpc) is 3.48. The quantitative estimate of drug-likeness (QED) is 0.0211. The third kappa shape index (κ3) is 66.0. The van der Waals surface area contributed by atoms with E-state index in [1.165, 1.54) is 77.0 Å². The van der Waals surface area contributed by atoms with Crippen LogP contribution in [0.15, 0.2) is 170 Å². The number of ether oxygens (including phenoxy) is 4. The zero-order valence-electron chi connectivity index (χ0n) is 54.4. The number of esters is 2. The second-order valence-electron chi connectivity index (χ2n) is 22.7. The van der Waals surface area contributed by atoms with Crippen molar-refractivity contribution in [3.05, 3.63) is 170 Å². The van der Waals surface area contributed by atoms with Gasteiger partial charge >= 0.3 is 17.9 Å². The first kappa shape index (κ1) is 79.7. The number of hydrogen-bond donors (Lipinski definition) is 1. The van der Waals surface area contributed by atoms with Crippen molar-refractivity contribution in [1.29, 1.82) is 0 Å². The lowest BCUT2D eigenvalue weighted by molar-refractivity contribution is -0.870. The van der Waals surface area contributed by atoms with E-state index in [-0.39, 0.29) is 32.7 Å². The molecule has 0 aromatic heterocycles. The monoisotopic (exact) mass is 1180 g/mol. The lowest BCUT2D eigenvalue weighted by atomic mass is 10.0. The van der Waals surface area contributed by atoms with Crippen LogP contribution in [0, 0.1) is 0 Å². The van der Waals surface area contributed by atoms with Gasteiger partial charge in [-0.3, -0.25) is 9.59 Å². The molecule has 0 aliphatic rings. The van der Waals surface area contributed by atoms with Gasteiger partial charge in [0.15, 0.2) is 6.10 Å². The van der Waals surface area contributed by atoms with Crippen LogP contribution in [0.3, 0.4) is 0 Å². The Bertz CT molecular complexity index is 2000. The Labute approximate surface area is 520 Å². The van der Waals surface area contributed by atoms with Gasteiger partial charge in [0.2, 0.25) is 0 Å². The first-order chi connectivity index (χ1) is 41.6. The van der Waals surface area contributed by atoms with Gasteiger partial charge in [-0.25, -0.2) is 4.79 Å². The maximum atomic E-state index is 12.9. The van der Waals surface area contributed by atoms with Crippen LogP contribution in [0.4, 0.5) is 0 Å². The van der Waals surface area contributed by atoms with Gasteiger partial charge in [-0.05, 0) is 122 Å². The zero-order chi connectivity index (χ0) is 61.9. The van der Waals surface area contributed by atoms with Crippen molar-refractivity contribution in [3.63, 3.8) is 0 Å². The molecule has 9 nitrogen and oxygen atoms in total. The van der Waals surface area contributed by atoms with E-state index in [9.17, 15) is 19.5 Å². The number of allylic oxidation sites excluding steroid dienone is 28. The highest BCUT2D eigenvalue weighted by atomic mass is 16.7. The minimum absolute atomic E-state index is 0.170. The molecule has 2 atom stereocenters. The van der Waals surface area contributed by atoms with Gasteiger partial charge < -0.3 is 28.5 Å². The molecule has 85 heavy (non-hydrogen) atoms. The zero-order valence-corrected chi connectivity index (χ0v) is 54.4. The Morgan fingerprint density at radius 3 is 0.976 bits per heavy atom. The summed E-state index contributed by atoms with van der Waals surface area (Å²) in [5.41, 5.74) is 0. The number of hydrogen-bond acceptors (Lipinski definition) is 7. The van der Waals surface area contributed by atoms with Gasteiger partial charge in [0.1, 0.15) is 13.2 Å². The number of carbonyl (C=O) groups excluding carboxylic acids is 2.